The van der Waals surface area contributed by atoms with Gasteiger partial charge >= 0.3 is 0 Å². The lowest BCUT2D eigenvalue weighted by Crippen LogP contribution is -2.54. The fraction of sp³-hybridized carbons (Fsp3) is 0.350. The molecule has 7 heteroatoms. The molecule has 1 amide bonds. The third-order valence-corrected chi connectivity index (χ3v) is 4.90. The van der Waals surface area contributed by atoms with Gasteiger partial charge in [-0.25, -0.2) is 0 Å². The molecule has 3 rings (SSSR count). The second-order valence-electron chi connectivity index (χ2n) is 6.63. The first-order chi connectivity index (χ1) is 13.0. The van der Waals surface area contributed by atoms with Crippen LogP contribution in [0.5, 0.6) is 5.75 Å². The smallest absolute Gasteiger partial charge is 0.266 e. The molecular formula is C20H22N4O3. The number of nitriles is 1. The van der Waals surface area contributed by atoms with E-state index in [1.54, 1.807) is 18.9 Å². The van der Waals surface area contributed by atoms with Gasteiger partial charge in [0.15, 0.2) is 0 Å². The van der Waals surface area contributed by atoms with Crippen LogP contribution in [0.15, 0.2) is 35.1 Å². The maximum Gasteiger partial charge on any atom is 0.266 e. The number of nitrogens with one attached hydrogen (secondary N) is 1. The number of H-pyrrole nitrogens is 1. The van der Waals surface area contributed by atoms with Crippen molar-refractivity contribution in [3.63, 3.8) is 0 Å². The Morgan fingerprint density at radius 1 is 1.33 bits per heavy atom. The Kier molecular flexibility index (Phi) is 5.17. The minimum atomic E-state index is -0.472. The van der Waals surface area contributed by atoms with E-state index in [1.165, 1.54) is 6.07 Å². The van der Waals surface area contributed by atoms with Gasteiger partial charge in [-0.05, 0) is 32.0 Å². The van der Waals surface area contributed by atoms with Gasteiger partial charge < -0.3 is 19.5 Å². The van der Waals surface area contributed by atoms with Crippen molar-refractivity contribution in [2.75, 3.05) is 31.6 Å². The fourth-order valence-electron chi connectivity index (χ4n) is 3.45. The molecule has 1 aliphatic heterocycles. The number of benzene rings is 1. The summed E-state index contributed by atoms with van der Waals surface area (Å²) in [6.45, 7) is 5.54. The summed E-state index contributed by atoms with van der Waals surface area (Å²) in [5.41, 5.74) is 1.32. The van der Waals surface area contributed by atoms with Crippen molar-refractivity contribution >= 4 is 11.6 Å². The lowest BCUT2D eigenvalue weighted by atomic mass is 10.1. The number of hydrogen-bond acceptors (Lipinski definition) is 5. The molecule has 0 unspecified atom stereocenters. The number of aromatic amines is 1. The number of hydrogen-bond donors (Lipinski definition) is 1. The van der Waals surface area contributed by atoms with Gasteiger partial charge in [0.25, 0.3) is 11.5 Å². The standard InChI is InChI=1S/C20H22N4O3/c1-13-12-23(17-6-4-5-7-18(17)27-3)8-9-24(13)20(26)16-10-15(11-21)19(25)22-14(16)2/h4-7,10,13H,8-9,12H2,1-3H3,(H,22,25)/t13-/m0/s1. The van der Waals surface area contributed by atoms with Crippen molar-refractivity contribution in [1.29, 1.82) is 5.26 Å². The van der Waals surface area contributed by atoms with Crippen LogP contribution in [-0.2, 0) is 0 Å². The third-order valence-electron chi connectivity index (χ3n) is 4.90. The first-order valence-electron chi connectivity index (χ1n) is 8.79. The zero-order chi connectivity index (χ0) is 19.6. The average Bonchev–Trinajstić information content (AvgIpc) is 2.67. The minimum Gasteiger partial charge on any atom is -0.495 e. The number of piperazine rings is 1. The number of aromatic nitrogens is 1. The maximum atomic E-state index is 13.0. The minimum absolute atomic E-state index is 0.0342. The number of nitrogens with zero attached hydrogens (tertiary/aromatic N) is 3. The Morgan fingerprint density at radius 2 is 2.07 bits per heavy atom. The van der Waals surface area contributed by atoms with E-state index in [1.807, 2.05) is 37.3 Å². The highest BCUT2D eigenvalue weighted by Crippen LogP contribution is 2.29. The van der Waals surface area contributed by atoms with Gasteiger partial charge in [0.2, 0.25) is 0 Å². The molecular weight excluding hydrogens is 344 g/mol. The summed E-state index contributed by atoms with van der Waals surface area (Å²) in [6.07, 6.45) is 0. The Bertz CT molecular complexity index is 960. The molecule has 2 heterocycles. The molecule has 1 fully saturated rings. The van der Waals surface area contributed by atoms with Crippen molar-refractivity contribution in [2.24, 2.45) is 0 Å². The molecule has 2 aromatic rings. The number of para-hydroxylation sites is 2. The van der Waals surface area contributed by atoms with Crippen LogP contribution < -0.4 is 15.2 Å². The van der Waals surface area contributed by atoms with Crippen LogP contribution in [0.2, 0.25) is 0 Å². The van der Waals surface area contributed by atoms with Gasteiger partial charge in [-0.3, -0.25) is 9.59 Å². The normalized spacial score (nSPS) is 16.7. The molecule has 1 N–H and O–H groups in total. The summed E-state index contributed by atoms with van der Waals surface area (Å²) in [5, 5.41) is 9.07. The number of pyridine rings is 1. The van der Waals surface area contributed by atoms with Crippen LogP contribution >= 0.6 is 0 Å². The fourth-order valence-corrected chi connectivity index (χ4v) is 3.45. The molecule has 0 saturated carbocycles. The molecule has 0 bridgehead atoms. The topological polar surface area (TPSA) is 89.4 Å². The van der Waals surface area contributed by atoms with Gasteiger partial charge in [-0.2, -0.15) is 5.26 Å². The van der Waals surface area contributed by atoms with E-state index in [9.17, 15) is 9.59 Å². The van der Waals surface area contributed by atoms with Crippen LogP contribution in [0, 0.1) is 18.3 Å². The number of ether oxygens (including phenoxy) is 1. The van der Waals surface area contributed by atoms with Gasteiger partial charge in [0.1, 0.15) is 17.4 Å². The molecule has 0 aliphatic carbocycles. The molecule has 27 heavy (non-hydrogen) atoms. The Labute approximate surface area is 157 Å². The van der Waals surface area contributed by atoms with Gasteiger partial charge in [-0.15, -0.1) is 0 Å². The predicted octanol–water partition coefficient (Wildman–Crippen LogP) is 1.91. The van der Waals surface area contributed by atoms with Crippen molar-refractivity contribution < 1.29 is 9.53 Å². The number of rotatable bonds is 3. The quantitative estimate of drug-likeness (QED) is 0.896. The molecule has 1 aromatic heterocycles. The summed E-state index contributed by atoms with van der Waals surface area (Å²) in [6, 6.07) is 11.0. The summed E-state index contributed by atoms with van der Waals surface area (Å²) >= 11 is 0. The van der Waals surface area contributed by atoms with Crippen LogP contribution in [-0.4, -0.2) is 48.6 Å². The second kappa shape index (κ2) is 7.54. The summed E-state index contributed by atoms with van der Waals surface area (Å²) < 4.78 is 5.44. The number of anilines is 1. The highest BCUT2D eigenvalue weighted by atomic mass is 16.5. The van der Waals surface area contributed by atoms with Crippen LogP contribution in [0.25, 0.3) is 0 Å². The van der Waals surface area contributed by atoms with Crippen LogP contribution in [0.1, 0.15) is 28.5 Å². The van der Waals surface area contributed by atoms with Crippen molar-refractivity contribution in [3.8, 4) is 11.8 Å². The van der Waals surface area contributed by atoms with E-state index in [0.717, 1.165) is 11.4 Å². The molecule has 1 aliphatic rings. The van der Waals surface area contributed by atoms with Crippen LogP contribution in [0.3, 0.4) is 0 Å². The molecule has 0 spiro atoms. The Balaban J connectivity index is 1.82. The van der Waals surface area contributed by atoms with E-state index in [0.29, 0.717) is 30.9 Å². The Hall–Kier alpha value is -3.27. The van der Waals surface area contributed by atoms with Crippen molar-refractivity contribution in [3.05, 3.63) is 57.5 Å². The van der Waals surface area contributed by atoms with E-state index in [-0.39, 0.29) is 17.5 Å². The molecule has 1 saturated heterocycles. The maximum absolute atomic E-state index is 13.0. The zero-order valence-corrected chi connectivity index (χ0v) is 15.7. The number of methoxy groups -OCH3 is 1. The number of carbonyl (C=O) groups is 1. The van der Waals surface area contributed by atoms with E-state index in [2.05, 4.69) is 9.88 Å². The molecule has 1 atom stereocenters. The molecule has 0 radical (unpaired) electrons. The summed E-state index contributed by atoms with van der Waals surface area (Å²) in [4.78, 5) is 31.3. The highest BCUT2D eigenvalue weighted by molar-refractivity contribution is 5.96. The monoisotopic (exact) mass is 366 g/mol. The molecule has 140 valence electrons. The first kappa shape index (κ1) is 18.5. The SMILES string of the molecule is COc1ccccc1N1CCN(C(=O)c2cc(C#N)c(=O)[nH]c2C)[C@@H](C)C1. The van der Waals surface area contributed by atoms with E-state index in [4.69, 9.17) is 10.00 Å². The zero-order valence-electron chi connectivity index (χ0n) is 15.7. The summed E-state index contributed by atoms with van der Waals surface area (Å²) in [7, 11) is 1.65. The number of aryl methyl sites for hydroxylation is 1. The van der Waals surface area contributed by atoms with E-state index >= 15 is 0 Å². The largest absolute Gasteiger partial charge is 0.495 e. The average molecular weight is 366 g/mol. The van der Waals surface area contributed by atoms with Crippen LogP contribution in [0.4, 0.5) is 5.69 Å². The lowest BCUT2D eigenvalue weighted by molar-refractivity contribution is 0.0672. The van der Waals surface area contributed by atoms with Crippen molar-refractivity contribution in [2.45, 2.75) is 19.9 Å². The van der Waals surface area contributed by atoms with E-state index < -0.39 is 5.56 Å². The van der Waals surface area contributed by atoms with Crippen molar-refractivity contribution in [1.82, 2.24) is 9.88 Å². The Morgan fingerprint density at radius 3 is 2.74 bits per heavy atom. The molecule has 7 nitrogen and oxygen atoms in total. The predicted molar refractivity (Wildman–Crippen MR) is 102 cm³/mol. The lowest BCUT2D eigenvalue weighted by Gasteiger charge is -2.41. The van der Waals surface area contributed by atoms with Gasteiger partial charge in [0.05, 0.1) is 18.4 Å². The molecule has 1 aromatic carbocycles. The summed E-state index contributed by atoms with van der Waals surface area (Å²) in [5.74, 6) is 0.632. The van der Waals surface area contributed by atoms with Gasteiger partial charge in [0, 0.05) is 31.4 Å². The third kappa shape index (κ3) is 3.51. The number of amides is 1. The van der Waals surface area contributed by atoms with Gasteiger partial charge in [-0.1, -0.05) is 12.1 Å². The second-order valence-corrected chi connectivity index (χ2v) is 6.63. The first-order valence-corrected chi connectivity index (χ1v) is 8.79. The number of carbonyl (C=O) groups excluding carboxylic acids is 1. The highest BCUT2D eigenvalue weighted by Gasteiger charge is 2.30.